The number of hydrogen-bond donors (Lipinski definition) is 0. The first kappa shape index (κ1) is 45.1. The van der Waals surface area contributed by atoms with Crippen molar-refractivity contribution in [3.05, 3.63) is 116 Å². The molecule has 0 saturated carbocycles. The largest absolute Gasteiger partial charge is 0.270 e. The molecule has 0 amide bonds. The van der Waals surface area contributed by atoms with Crippen LogP contribution in [0.25, 0.3) is 0 Å². The van der Waals surface area contributed by atoms with Crippen LogP contribution in [-0.2, 0) is 42.9 Å². The molecule has 0 aliphatic carbocycles. The first-order valence-electron chi connectivity index (χ1n) is 17.9. The summed E-state index contributed by atoms with van der Waals surface area (Å²) in [4.78, 5) is 0. The summed E-state index contributed by atoms with van der Waals surface area (Å²) in [5.41, 5.74) is 7.58. The number of benzene rings is 3. The van der Waals surface area contributed by atoms with Crippen LogP contribution in [0.5, 0.6) is 0 Å². The second-order valence-corrected chi connectivity index (χ2v) is 13.9. The van der Waals surface area contributed by atoms with Crippen molar-refractivity contribution in [2.75, 3.05) is 0 Å². The molecule has 0 aliphatic rings. The summed E-state index contributed by atoms with van der Waals surface area (Å²) in [5.74, 6) is -2.72. The maximum Gasteiger partial charge on any atom is 0.270 e. The van der Waals surface area contributed by atoms with Gasteiger partial charge in [-0.15, -0.1) is 0 Å². The Morgan fingerprint density at radius 1 is 0.729 bits per heavy atom. The van der Waals surface area contributed by atoms with Crippen molar-refractivity contribution in [1.29, 1.82) is 0 Å². The molecule has 0 N–H and O–H groups in total. The lowest BCUT2D eigenvalue weighted by molar-refractivity contribution is 0.0171. The molecule has 0 saturated heterocycles. The average molecular weight is 671 g/mol. The average Bonchev–Trinajstić information content (AvgIpc) is 2.98. The lowest BCUT2D eigenvalue weighted by Crippen LogP contribution is -2.15. The van der Waals surface area contributed by atoms with E-state index in [0.29, 0.717) is 12.0 Å². The van der Waals surface area contributed by atoms with Crippen LogP contribution < -0.4 is 0 Å². The zero-order valence-electron chi connectivity index (χ0n) is 33.0. The predicted octanol–water partition coefficient (Wildman–Crippen LogP) is 14.4. The number of hydrogen-bond acceptors (Lipinski definition) is 0. The van der Waals surface area contributed by atoms with Gasteiger partial charge in [-0.05, 0) is 149 Å². The van der Waals surface area contributed by atoms with Gasteiger partial charge in [0.25, 0.3) is 5.92 Å². The summed E-state index contributed by atoms with van der Waals surface area (Å²) in [6.07, 6.45) is 4.50. The van der Waals surface area contributed by atoms with Crippen LogP contribution in [-0.4, -0.2) is 0 Å². The van der Waals surface area contributed by atoms with Gasteiger partial charge in [-0.2, -0.15) is 0 Å². The Bertz CT molecular complexity index is 1380. The molecule has 1 atom stereocenters. The molecule has 0 spiro atoms. The summed E-state index contributed by atoms with van der Waals surface area (Å²) in [6, 6.07) is 14.8. The second kappa shape index (κ2) is 20.0. The number of halogens is 4. The molecule has 0 aromatic heterocycles. The normalized spacial score (nSPS) is 12.1. The lowest BCUT2D eigenvalue weighted by Gasteiger charge is -2.22. The zero-order chi connectivity index (χ0) is 37.6. The molecular weight excluding hydrogens is 604 g/mol. The van der Waals surface area contributed by atoms with E-state index in [1.165, 1.54) is 47.7 Å². The maximum atomic E-state index is 14.5. The molecule has 0 heterocycles. The monoisotopic (exact) mass is 671 g/mol. The molecule has 1 unspecified atom stereocenters. The van der Waals surface area contributed by atoms with Crippen molar-refractivity contribution in [3.63, 3.8) is 0 Å². The zero-order valence-corrected chi connectivity index (χ0v) is 33.0. The third-order valence-corrected chi connectivity index (χ3v) is 8.38. The van der Waals surface area contributed by atoms with E-state index in [0.717, 1.165) is 54.9 Å². The van der Waals surface area contributed by atoms with Crippen molar-refractivity contribution in [1.82, 2.24) is 0 Å². The molecule has 0 fully saturated rings. The van der Waals surface area contributed by atoms with E-state index in [4.69, 9.17) is 0 Å². The fraction of sp³-hybridized carbons (Fsp3) is 0.545. The number of rotatable bonds is 11. The summed E-state index contributed by atoms with van der Waals surface area (Å²) in [7, 11) is 0. The molecule has 270 valence electrons. The van der Waals surface area contributed by atoms with Crippen molar-refractivity contribution in [2.45, 2.75) is 153 Å². The van der Waals surface area contributed by atoms with Crippen LogP contribution in [0.1, 0.15) is 145 Å². The maximum absolute atomic E-state index is 14.5. The fourth-order valence-electron chi connectivity index (χ4n) is 5.82. The predicted molar refractivity (Wildman–Crippen MR) is 203 cm³/mol. The van der Waals surface area contributed by atoms with Crippen LogP contribution >= 0.6 is 0 Å². The highest BCUT2D eigenvalue weighted by Crippen LogP contribution is 2.35. The third kappa shape index (κ3) is 14.3. The Hall–Kier alpha value is -2.88. The first-order chi connectivity index (χ1) is 22.1. The minimum Gasteiger partial charge on any atom is -0.239 e. The Morgan fingerprint density at radius 3 is 1.77 bits per heavy atom. The molecule has 0 aliphatic heterocycles. The molecule has 0 bridgehead atoms. The Morgan fingerprint density at radius 2 is 1.29 bits per heavy atom. The number of aryl methyl sites for hydroxylation is 1. The van der Waals surface area contributed by atoms with Crippen LogP contribution in [0, 0.1) is 26.7 Å². The number of alkyl halides is 4. The smallest absolute Gasteiger partial charge is 0.239 e. The number of allylic oxidation sites excluding steroid dienone is 1. The van der Waals surface area contributed by atoms with Crippen molar-refractivity contribution in [3.8, 4) is 0 Å². The molecule has 3 rings (SSSR count). The molecule has 4 heteroatoms. The summed E-state index contributed by atoms with van der Waals surface area (Å²) < 4.78 is 56.4. The van der Waals surface area contributed by atoms with Gasteiger partial charge in [-0.1, -0.05) is 96.5 Å². The summed E-state index contributed by atoms with van der Waals surface area (Å²) >= 11 is 0. The highest BCUT2D eigenvalue weighted by molar-refractivity contribution is 5.41. The fourth-order valence-corrected chi connectivity index (χ4v) is 5.82. The van der Waals surface area contributed by atoms with Crippen LogP contribution in [0.15, 0.2) is 60.7 Å². The van der Waals surface area contributed by atoms with Crippen LogP contribution in [0.2, 0.25) is 0 Å². The van der Waals surface area contributed by atoms with E-state index in [2.05, 4.69) is 46.4 Å². The van der Waals surface area contributed by atoms with Gasteiger partial charge in [0, 0.05) is 12.5 Å². The quantitative estimate of drug-likeness (QED) is 0.141. The first-order valence-corrected chi connectivity index (χ1v) is 17.9. The summed E-state index contributed by atoms with van der Waals surface area (Å²) in [6.45, 7) is 31.4. The highest BCUT2D eigenvalue weighted by atomic mass is 19.3. The minimum absolute atomic E-state index is 0.110. The second-order valence-electron chi connectivity index (χ2n) is 13.9. The standard InChI is InChI=1S/C26H35F3.C14H19F.2C2H6/c1-8-9-24-19(4)18(3)10-11-21(24)13-17(2)12-20-14-22(25(5,6)27)16-23(15-20)26(7,28)29;1-10(2)9-12-7-6-8-13(11(12)3)14(4,5)15;2*1-2/h10-11,14-17H,8-9,12-13H2,1-7H3;6-8H,1,9H2,2-5H3;2*1-2H3. The SMILES string of the molecule is C=C(C)Cc1cccc(C(C)(C)F)c1C.CC.CC.CCCc1c(CC(C)Cc2cc(C(C)(C)F)cc(C(C)(F)F)c2)ccc(C)c1C. The lowest BCUT2D eigenvalue weighted by atomic mass is 9.86. The van der Waals surface area contributed by atoms with Crippen LogP contribution in [0.3, 0.4) is 0 Å². The topological polar surface area (TPSA) is 0 Å². The van der Waals surface area contributed by atoms with Gasteiger partial charge in [0.2, 0.25) is 0 Å². The molecule has 3 aromatic rings. The Kier molecular flexibility index (Phi) is 18.8. The third-order valence-electron chi connectivity index (χ3n) is 8.38. The van der Waals surface area contributed by atoms with Gasteiger partial charge in [0.15, 0.2) is 0 Å². The van der Waals surface area contributed by atoms with E-state index >= 15 is 0 Å². The summed E-state index contributed by atoms with van der Waals surface area (Å²) in [5, 5.41) is 0. The van der Waals surface area contributed by atoms with Gasteiger partial charge in [0.1, 0.15) is 11.3 Å². The van der Waals surface area contributed by atoms with Gasteiger partial charge in [-0.3, -0.25) is 0 Å². The molecule has 48 heavy (non-hydrogen) atoms. The van der Waals surface area contributed by atoms with Crippen molar-refractivity contribution >= 4 is 0 Å². The molecule has 3 aromatic carbocycles. The van der Waals surface area contributed by atoms with E-state index in [9.17, 15) is 17.6 Å². The van der Waals surface area contributed by atoms with Crippen molar-refractivity contribution < 1.29 is 17.6 Å². The van der Waals surface area contributed by atoms with E-state index in [1.807, 2.05) is 59.7 Å². The van der Waals surface area contributed by atoms with Gasteiger partial charge >= 0.3 is 0 Å². The van der Waals surface area contributed by atoms with Crippen LogP contribution in [0.4, 0.5) is 17.6 Å². The molecule has 0 nitrogen and oxygen atoms in total. The Balaban J connectivity index is 0.000000976. The van der Waals surface area contributed by atoms with Gasteiger partial charge in [-0.25, -0.2) is 17.6 Å². The van der Waals surface area contributed by atoms with E-state index in [1.54, 1.807) is 26.0 Å². The van der Waals surface area contributed by atoms with Crippen molar-refractivity contribution in [2.24, 2.45) is 5.92 Å². The highest BCUT2D eigenvalue weighted by Gasteiger charge is 2.29. The Labute approximate surface area is 292 Å². The minimum atomic E-state index is -2.98. The van der Waals surface area contributed by atoms with E-state index < -0.39 is 17.3 Å². The van der Waals surface area contributed by atoms with E-state index in [-0.39, 0.29) is 11.5 Å². The molecular formula is C44H66F4. The van der Waals surface area contributed by atoms with Gasteiger partial charge in [0.05, 0.1) is 0 Å². The van der Waals surface area contributed by atoms with Gasteiger partial charge < -0.3 is 0 Å². The molecule has 0 radical (unpaired) electrons.